The van der Waals surface area contributed by atoms with Crippen LogP contribution in [-0.4, -0.2) is 62.1 Å². The van der Waals surface area contributed by atoms with E-state index in [2.05, 4.69) is 5.32 Å². The van der Waals surface area contributed by atoms with E-state index in [1.54, 1.807) is 30.0 Å². The van der Waals surface area contributed by atoms with Gasteiger partial charge in [-0.1, -0.05) is 0 Å². The van der Waals surface area contributed by atoms with Crippen molar-refractivity contribution in [1.29, 1.82) is 0 Å². The van der Waals surface area contributed by atoms with E-state index < -0.39 is 0 Å². The Labute approximate surface area is 171 Å². The van der Waals surface area contributed by atoms with Crippen molar-refractivity contribution in [3.8, 4) is 11.5 Å². The van der Waals surface area contributed by atoms with Gasteiger partial charge in [0.25, 0.3) is 0 Å². The first-order valence-corrected chi connectivity index (χ1v) is 9.97. The van der Waals surface area contributed by atoms with Gasteiger partial charge in [0.05, 0.1) is 20.3 Å². The van der Waals surface area contributed by atoms with E-state index in [1.165, 1.54) is 14.0 Å². The average molecular weight is 406 g/mol. The Balaban J connectivity index is 1.68. The average Bonchev–Trinajstić information content (AvgIpc) is 2.71. The Hall–Kier alpha value is -2.77. The normalized spacial score (nSPS) is 14.2. The summed E-state index contributed by atoms with van der Waals surface area (Å²) in [4.78, 5) is 37.0. The highest BCUT2D eigenvalue weighted by molar-refractivity contribution is 5.94. The maximum atomic E-state index is 12.1. The predicted octanol–water partition coefficient (Wildman–Crippen LogP) is 2.79. The number of carbonyl (C=O) groups is 3. The minimum absolute atomic E-state index is 0.0259. The van der Waals surface area contributed by atoms with Crippen molar-refractivity contribution in [2.75, 3.05) is 33.4 Å². The summed E-state index contributed by atoms with van der Waals surface area (Å²) in [6.07, 6.45) is 2.07. The molecule has 0 radical (unpaired) electrons. The van der Waals surface area contributed by atoms with Gasteiger partial charge in [-0.2, -0.15) is 0 Å². The smallest absolute Gasteiger partial charge is 0.409 e. The lowest BCUT2D eigenvalue weighted by Crippen LogP contribution is -2.46. The number of benzene rings is 1. The van der Waals surface area contributed by atoms with Crippen molar-refractivity contribution < 1.29 is 28.6 Å². The molecule has 0 unspecified atom stereocenters. The molecule has 0 saturated carbocycles. The van der Waals surface area contributed by atoms with E-state index >= 15 is 0 Å². The van der Waals surface area contributed by atoms with Crippen LogP contribution in [-0.2, 0) is 9.53 Å². The second kappa shape index (κ2) is 11.3. The summed E-state index contributed by atoms with van der Waals surface area (Å²) < 4.78 is 15.9. The zero-order valence-electron chi connectivity index (χ0n) is 17.4. The van der Waals surface area contributed by atoms with E-state index in [1.807, 2.05) is 0 Å². The van der Waals surface area contributed by atoms with Gasteiger partial charge in [0, 0.05) is 31.1 Å². The quantitative estimate of drug-likeness (QED) is 0.501. The molecule has 0 atom stereocenters. The van der Waals surface area contributed by atoms with Crippen LogP contribution >= 0.6 is 0 Å². The van der Waals surface area contributed by atoms with Crippen LogP contribution in [0.1, 0.15) is 49.9 Å². The number of amides is 2. The van der Waals surface area contributed by atoms with Gasteiger partial charge in [-0.05, 0) is 51.3 Å². The summed E-state index contributed by atoms with van der Waals surface area (Å²) in [7, 11) is 1.52. The van der Waals surface area contributed by atoms with Crippen molar-refractivity contribution in [3.05, 3.63) is 23.8 Å². The maximum absolute atomic E-state index is 12.1. The maximum Gasteiger partial charge on any atom is 0.409 e. The van der Waals surface area contributed by atoms with Gasteiger partial charge < -0.3 is 24.4 Å². The summed E-state index contributed by atoms with van der Waals surface area (Å²) in [5.41, 5.74) is 0.558. The highest BCUT2D eigenvalue weighted by Gasteiger charge is 2.24. The van der Waals surface area contributed by atoms with Gasteiger partial charge in [-0.25, -0.2) is 4.79 Å². The van der Waals surface area contributed by atoms with Crippen molar-refractivity contribution >= 4 is 17.8 Å². The molecule has 2 rings (SSSR count). The number of ketones is 1. The molecule has 1 aromatic carbocycles. The monoisotopic (exact) mass is 406 g/mol. The lowest BCUT2D eigenvalue weighted by Gasteiger charge is -2.31. The van der Waals surface area contributed by atoms with Gasteiger partial charge in [0.15, 0.2) is 17.3 Å². The Morgan fingerprint density at radius 2 is 1.90 bits per heavy atom. The fraction of sp³-hybridized carbons (Fsp3) is 0.571. The van der Waals surface area contributed by atoms with Gasteiger partial charge in [-0.3, -0.25) is 9.59 Å². The third-order valence-corrected chi connectivity index (χ3v) is 4.76. The van der Waals surface area contributed by atoms with Crippen LogP contribution in [0.5, 0.6) is 11.5 Å². The molecule has 29 heavy (non-hydrogen) atoms. The second-order valence-corrected chi connectivity index (χ2v) is 6.90. The van der Waals surface area contributed by atoms with E-state index in [9.17, 15) is 14.4 Å². The molecule has 1 aromatic rings. The standard InChI is InChI=1S/C21H30N2O6/c1-4-28-21(26)23-11-9-17(10-12-23)22-20(25)6-5-13-29-18-8-7-16(15(2)24)14-19(18)27-3/h7-8,14,17H,4-6,9-13H2,1-3H3,(H,22,25). The number of nitrogens with one attached hydrogen (secondary N) is 1. The molecule has 8 nitrogen and oxygen atoms in total. The zero-order valence-corrected chi connectivity index (χ0v) is 17.4. The predicted molar refractivity (Wildman–Crippen MR) is 107 cm³/mol. The highest BCUT2D eigenvalue weighted by atomic mass is 16.6. The van der Waals surface area contributed by atoms with Crippen molar-refractivity contribution in [3.63, 3.8) is 0 Å². The Kier molecular flexibility index (Phi) is 8.76. The molecule has 1 N–H and O–H groups in total. The van der Waals surface area contributed by atoms with Gasteiger partial charge >= 0.3 is 6.09 Å². The summed E-state index contributed by atoms with van der Waals surface area (Å²) >= 11 is 0. The number of hydrogen-bond acceptors (Lipinski definition) is 6. The van der Waals surface area contributed by atoms with Crippen LogP contribution in [0.15, 0.2) is 18.2 Å². The first-order valence-electron chi connectivity index (χ1n) is 9.97. The molecule has 0 aromatic heterocycles. The fourth-order valence-electron chi connectivity index (χ4n) is 3.14. The van der Waals surface area contributed by atoms with Crippen molar-refractivity contribution in [2.24, 2.45) is 0 Å². The topological polar surface area (TPSA) is 94.2 Å². The van der Waals surface area contributed by atoms with E-state index in [0.717, 1.165) is 12.8 Å². The Morgan fingerprint density at radius 3 is 2.52 bits per heavy atom. The van der Waals surface area contributed by atoms with Crippen molar-refractivity contribution in [1.82, 2.24) is 10.2 Å². The molecule has 1 aliphatic rings. The van der Waals surface area contributed by atoms with Crippen LogP contribution in [0.25, 0.3) is 0 Å². The van der Waals surface area contributed by atoms with Crippen LogP contribution in [0.2, 0.25) is 0 Å². The minimum atomic E-state index is -0.291. The lowest BCUT2D eigenvalue weighted by atomic mass is 10.1. The van der Waals surface area contributed by atoms with Crippen LogP contribution < -0.4 is 14.8 Å². The molecule has 1 aliphatic heterocycles. The summed E-state index contributed by atoms with van der Waals surface area (Å²) in [5, 5.41) is 3.02. The molecule has 0 bridgehead atoms. The largest absolute Gasteiger partial charge is 0.493 e. The molecule has 1 saturated heterocycles. The van der Waals surface area contributed by atoms with Crippen LogP contribution in [0, 0.1) is 0 Å². The third-order valence-electron chi connectivity index (χ3n) is 4.76. The molecule has 1 fully saturated rings. The Morgan fingerprint density at radius 1 is 1.17 bits per heavy atom. The Bertz CT molecular complexity index is 713. The SMILES string of the molecule is CCOC(=O)N1CCC(NC(=O)CCCOc2ccc(C(C)=O)cc2OC)CC1. The van der Waals surface area contributed by atoms with Crippen LogP contribution in [0.4, 0.5) is 4.79 Å². The number of Topliss-reactive ketones (excluding diaryl/α,β-unsaturated/α-hetero) is 1. The molecule has 2 amide bonds. The number of piperidine rings is 1. The minimum Gasteiger partial charge on any atom is -0.493 e. The molecular formula is C21H30N2O6. The number of carbonyl (C=O) groups excluding carboxylic acids is 3. The summed E-state index contributed by atoms with van der Waals surface area (Å²) in [6, 6.07) is 5.11. The molecular weight excluding hydrogens is 376 g/mol. The molecule has 0 spiro atoms. The van der Waals surface area contributed by atoms with Gasteiger partial charge in [-0.15, -0.1) is 0 Å². The third kappa shape index (κ3) is 6.96. The first-order chi connectivity index (χ1) is 13.9. The summed E-state index contributed by atoms with van der Waals surface area (Å²) in [6.45, 7) is 5.18. The molecule has 160 valence electrons. The van der Waals surface area contributed by atoms with Crippen LogP contribution in [0.3, 0.4) is 0 Å². The molecule has 0 aliphatic carbocycles. The lowest BCUT2D eigenvalue weighted by molar-refractivity contribution is -0.122. The summed E-state index contributed by atoms with van der Waals surface area (Å²) in [5.74, 6) is 0.974. The number of ether oxygens (including phenoxy) is 3. The second-order valence-electron chi connectivity index (χ2n) is 6.90. The molecule has 8 heteroatoms. The van der Waals surface area contributed by atoms with E-state index in [-0.39, 0.29) is 23.8 Å². The van der Waals surface area contributed by atoms with E-state index in [0.29, 0.717) is 56.2 Å². The first kappa shape index (κ1) is 22.5. The van der Waals surface area contributed by atoms with E-state index in [4.69, 9.17) is 14.2 Å². The molecule has 1 heterocycles. The number of rotatable bonds is 9. The highest BCUT2D eigenvalue weighted by Crippen LogP contribution is 2.28. The number of methoxy groups -OCH3 is 1. The van der Waals surface area contributed by atoms with Gasteiger partial charge in [0.2, 0.25) is 5.91 Å². The zero-order chi connectivity index (χ0) is 21.2. The number of likely N-dealkylation sites (tertiary alicyclic amines) is 1. The number of hydrogen-bond donors (Lipinski definition) is 1. The van der Waals surface area contributed by atoms with Gasteiger partial charge in [0.1, 0.15) is 0 Å². The van der Waals surface area contributed by atoms with Crippen molar-refractivity contribution in [2.45, 2.75) is 45.6 Å². The fourth-order valence-corrected chi connectivity index (χ4v) is 3.14. The number of nitrogens with zero attached hydrogens (tertiary/aromatic N) is 1.